The summed E-state index contributed by atoms with van der Waals surface area (Å²) in [6, 6.07) is 33.0. The van der Waals surface area contributed by atoms with Crippen molar-refractivity contribution in [3.8, 4) is 0 Å². The van der Waals surface area contributed by atoms with Crippen molar-refractivity contribution in [3.63, 3.8) is 0 Å². The first-order valence-corrected chi connectivity index (χ1v) is 14.4. The SMILES string of the molecule is [Li][Se].c1cc[c]([Pb]([c]2ccccc2)[c]2ccccc2)cc1. The van der Waals surface area contributed by atoms with E-state index >= 15 is 0 Å². The molecule has 0 bridgehead atoms. The molecule has 21 heavy (non-hydrogen) atoms. The molecule has 0 aliphatic rings. The Morgan fingerprint density at radius 3 is 0.952 bits per heavy atom. The monoisotopic (exact) mass is 526 g/mol. The van der Waals surface area contributed by atoms with Crippen molar-refractivity contribution >= 4 is 61.7 Å². The Balaban J connectivity index is 0.000000774. The molecule has 0 saturated carbocycles. The Morgan fingerprint density at radius 1 is 0.476 bits per heavy atom. The van der Waals surface area contributed by atoms with Gasteiger partial charge in [-0.15, -0.1) is 0 Å². The molecular weight excluding hydrogens is 509 g/mol. The van der Waals surface area contributed by atoms with E-state index < -0.39 is 22.7 Å². The second-order valence-corrected chi connectivity index (χ2v) is 14.1. The summed E-state index contributed by atoms with van der Waals surface area (Å²) in [5.74, 6) is 0. The van der Waals surface area contributed by atoms with Crippen molar-refractivity contribution in [2.45, 2.75) is 0 Å². The molecule has 3 aromatic carbocycles. The van der Waals surface area contributed by atoms with Crippen LogP contribution in [0.4, 0.5) is 0 Å². The van der Waals surface area contributed by atoms with Crippen LogP contribution < -0.4 is 9.37 Å². The van der Waals surface area contributed by atoms with E-state index in [-0.39, 0.29) is 0 Å². The zero-order chi connectivity index (χ0) is 14.9. The fourth-order valence-electron chi connectivity index (χ4n) is 2.31. The van der Waals surface area contributed by atoms with Crippen LogP contribution in [0, 0.1) is 0 Å². The van der Waals surface area contributed by atoms with Crippen LogP contribution >= 0.6 is 0 Å². The Bertz CT molecular complexity index is 535. The molecule has 0 N–H and O–H groups in total. The van der Waals surface area contributed by atoms with Gasteiger partial charge in [-0.25, -0.2) is 0 Å². The first-order valence-electron chi connectivity index (χ1n) is 6.89. The molecule has 0 saturated heterocycles. The number of hydrogen-bond acceptors (Lipinski definition) is 0. The zero-order valence-electron chi connectivity index (χ0n) is 12.1. The first-order chi connectivity index (χ1) is 10.4. The fourth-order valence-corrected chi connectivity index (χ4v) is 12.3. The molecule has 3 aromatic rings. The van der Waals surface area contributed by atoms with Crippen molar-refractivity contribution in [1.82, 2.24) is 0 Å². The minimum atomic E-state index is -2.17. The van der Waals surface area contributed by atoms with Gasteiger partial charge >= 0.3 is 153 Å². The van der Waals surface area contributed by atoms with Crippen LogP contribution in [-0.2, 0) is 0 Å². The Morgan fingerprint density at radius 2 is 0.714 bits per heavy atom. The fraction of sp³-hybridized carbons (Fsp3) is 0. The van der Waals surface area contributed by atoms with Gasteiger partial charge in [0.15, 0.2) is 0 Å². The molecule has 0 atom stereocenters. The van der Waals surface area contributed by atoms with Gasteiger partial charge in [-0.1, -0.05) is 0 Å². The number of rotatable bonds is 3. The maximum absolute atomic E-state index is 2.62. The molecule has 0 aliphatic carbocycles. The van der Waals surface area contributed by atoms with E-state index in [2.05, 4.69) is 105 Å². The van der Waals surface area contributed by atoms with Crippen molar-refractivity contribution in [2.75, 3.05) is 0 Å². The predicted molar refractivity (Wildman–Crippen MR) is 95.5 cm³/mol. The van der Waals surface area contributed by atoms with E-state index in [4.69, 9.17) is 0 Å². The van der Waals surface area contributed by atoms with Gasteiger partial charge in [0.2, 0.25) is 0 Å². The van der Waals surface area contributed by atoms with E-state index in [0.717, 1.165) is 0 Å². The standard InChI is InChI=1S/3C6H5.Li.Pb.Se/c3*1-2-4-6-5-3-1;;;/h3*1-5H;;;. The molecule has 0 heterocycles. The van der Waals surface area contributed by atoms with E-state index in [0.29, 0.717) is 0 Å². The van der Waals surface area contributed by atoms with Crippen LogP contribution in [0.1, 0.15) is 0 Å². The van der Waals surface area contributed by atoms with Crippen molar-refractivity contribution in [2.24, 2.45) is 0 Å². The van der Waals surface area contributed by atoms with Crippen molar-refractivity contribution < 1.29 is 0 Å². The zero-order valence-corrected chi connectivity index (χ0v) is 17.7. The second-order valence-electron chi connectivity index (χ2n) is 4.47. The summed E-state index contributed by atoms with van der Waals surface area (Å²) in [6.07, 6.45) is 0. The summed E-state index contributed by atoms with van der Waals surface area (Å²) < 4.78 is 4.64. The van der Waals surface area contributed by atoms with Crippen molar-refractivity contribution in [1.29, 1.82) is 0 Å². The third kappa shape index (κ3) is 4.84. The molecular formula is C18H15LiPbSe. The minimum absolute atomic E-state index is 1.55. The van der Waals surface area contributed by atoms with Gasteiger partial charge in [0.25, 0.3) is 0 Å². The van der Waals surface area contributed by atoms with Crippen LogP contribution in [0.3, 0.4) is 0 Å². The second kappa shape index (κ2) is 9.66. The maximum atomic E-state index is 2.62. The molecule has 0 spiro atoms. The number of benzene rings is 3. The van der Waals surface area contributed by atoms with Crippen LogP contribution in [0.15, 0.2) is 91.0 Å². The van der Waals surface area contributed by atoms with Crippen LogP contribution in [-0.4, -0.2) is 52.3 Å². The van der Waals surface area contributed by atoms with Crippen LogP contribution in [0.25, 0.3) is 0 Å². The van der Waals surface area contributed by atoms with Gasteiger partial charge in [-0.05, 0) is 0 Å². The molecule has 3 rings (SSSR count). The summed E-state index contributed by atoms with van der Waals surface area (Å²) in [4.78, 5) is 0. The third-order valence-corrected chi connectivity index (χ3v) is 13.8. The quantitative estimate of drug-likeness (QED) is 0.456. The molecule has 0 amide bonds. The molecule has 2 radical (unpaired) electrons. The van der Waals surface area contributed by atoms with Gasteiger partial charge in [-0.3, -0.25) is 0 Å². The van der Waals surface area contributed by atoms with Crippen LogP contribution in [0.2, 0.25) is 0 Å². The molecule has 3 heteroatoms. The Hall–Kier alpha value is -0.301. The Kier molecular flexibility index (Phi) is 7.85. The summed E-state index contributed by atoms with van der Waals surface area (Å²) in [5.41, 5.74) is 0. The topological polar surface area (TPSA) is 0 Å². The van der Waals surface area contributed by atoms with E-state index in [1.807, 2.05) is 15.8 Å². The van der Waals surface area contributed by atoms with Gasteiger partial charge in [0, 0.05) is 0 Å². The summed E-state index contributed by atoms with van der Waals surface area (Å²) >= 11 is 2.33. The third-order valence-electron chi connectivity index (χ3n) is 3.19. The molecule has 98 valence electrons. The van der Waals surface area contributed by atoms with Crippen molar-refractivity contribution in [3.05, 3.63) is 91.0 Å². The van der Waals surface area contributed by atoms with E-state index in [1.54, 1.807) is 9.37 Å². The van der Waals surface area contributed by atoms with Crippen LogP contribution in [0.5, 0.6) is 0 Å². The number of hydrogen-bond donors (Lipinski definition) is 0. The van der Waals surface area contributed by atoms with Gasteiger partial charge in [-0.2, -0.15) is 0 Å². The molecule has 0 unspecified atom stereocenters. The molecule has 0 aliphatic heterocycles. The molecule has 0 aromatic heterocycles. The van der Waals surface area contributed by atoms with E-state index in [1.165, 1.54) is 0 Å². The molecule has 0 fully saturated rings. The summed E-state index contributed by atoms with van der Waals surface area (Å²) in [7, 11) is 0. The van der Waals surface area contributed by atoms with Gasteiger partial charge in [0.05, 0.1) is 0 Å². The Labute approximate surface area is 151 Å². The molecule has 0 nitrogen and oxygen atoms in total. The average molecular weight is 524 g/mol. The van der Waals surface area contributed by atoms with Gasteiger partial charge in [0.1, 0.15) is 0 Å². The summed E-state index contributed by atoms with van der Waals surface area (Å²) in [6.45, 7) is 0. The summed E-state index contributed by atoms with van der Waals surface area (Å²) in [5, 5.41) is 0. The average Bonchev–Trinajstić information content (AvgIpc) is 2.60. The normalized spacial score (nSPS) is 9.90. The van der Waals surface area contributed by atoms with Gasteiger partial charge < -0.3 is 0 Å². The predicted octanol–water partition coefficient (Wildman–Crippen LogP) is 1.44. The first kappa shape index (κ1) is 17.1. The van der Waals surface area contributed by atoms with E-state index in [9.17, 15) is 0 Å².